The number of nitrogens with one attached hydrogen (secondary N) is 3. The molecule has 1 aliphatic rings. The van der Waals surface area contributed by atoms with E-state index in [0.29, 0.717) is 6.54 Å². The topological polar surface area (TPSA) is 82.7 Å². The van der Waals surface area contributed by atoms with E-state index in [4.69, 9.17) is 0 Å². The van der Waals surface area contributed by atoms with Crippen molar-refractivity contribution in [2.45, 2.75) is 25.7 Å². The molecule has 0 aromatic carbocycles. The Bertz CT molecular complexity index is 332. The summed E-state index contributed by atoms with van der Waals surface area (Å²) in [7, 11) is 0. The van der Waals surface area contributed by atoms with Crippen LogP contribution in [-0.2, 0) is 11.2 Å². The van der Waals surface area contributed by atoms with Crippen LogP contribution in [-0.4, -0.2) is 40.7 Å². The number of nitrogens with zero attached hydrogens (tertiary/aromatic N) is 2. The molecule has 0 radical (unpaired) electrons. The van der Waals surface area contributed by atoms with Crippen molar-refractivity contribution < 1.29 is 4.79 Å². The third-order valence-electron chi connectivity index (χ3n) is 3.02. The fourth-order valence-electron chi connectivity index (χ4n) is 2.04. The van der Waals surface area contributed by atoms with Crippen LogP contribution >= 0.6 is 0 Å². The number of aromatic nitrogens is 3. The van der Waals surface area contributed by atoms with Crippen LogP contribution in [0.5, 0.6) is 0 Å². The van der Waals surface area contributed by atoms with Crippen molar-refractivity contribution in [1.29, 1.82) is 0 Å². The first-order valence-corrected chi connectivity index (χ1v) is 6.19. The molecule has 6 heteroatoms. The summed E-state index contributed by atoms with van der Waals surface area (Å²) in [6.45, 7) is 2.55. The lowest BCUT2D eigenvalue weighted by Crippen LogP contribution is -2.40. The van der Waals surface area contributed by atoms with E-state index in [0.717, 1.165) is 44.6 Å². The smallest absolute Gasteiger partial charge is 0.224 e. The number of carbonyl (C=O) groups is 1. The molecule has 1 aliphatic heterocycles. The van der Waals surface area contributed by atoms with E-state index >= 15 is 0 Å². The Morgan fingerprint density at radius 1 is 1.59 bits per heavy atom. The van der Waals surface area contributed by atoms with Crippen LogP contribution in [0.15, 0.2) is 6.33 Å². The number of hydrogen-bond donors (Lipinski definition) is 3. The van der Waals surface area contributed by atoms with Gasteiger partial charge in [-0.1, -0.05) is 0 Å². The van der Waals surface area contributed by atoms with Gasteiger partial charge in [0.05, 0.1) is 5.92 Å². The van der Waals surface area contributed by atoms with Crippen molar-refractivity contribution in [2.75, 3.05) is 19.6 Å². The summed E-state index contributed by atoms with van der Waals surface area (Å²) >= 11 is 0. The average molecular weight is 237 g/mol. The normalized spacial score (nSPS) is 20.1. The molecule has 0 saturated carbocycles. The van der Waals surface area contributed by atoms with Crippen LogP contribution in [0.25, 0.3) is 0 Å². The average Bonchev–Trinajstić information content (AvgIpc) is 2.88. The number of piperidine rings is 1. The lowest BCUT2D eigenvalue weighted by molar-refractivity contribution is -0.125. The van der Waals surface area contributed by atoms with Crippen LogP contribution in [0.1, 0.15) is 25.1 Å². The number of aryl methyl sites for hydroxylation is 1. The summed E-state index contributed by atoms with van der Waals surface area (Å²) in [5, 5.41) is 12.8. The molecule has 6 nitrogen and oxygen atoms in total. The van der Waals surface area contributed by atoms with E-state index in [9.17, 15) is 4.79 Å². The van der Waals surface area contributed by atoms with Gasteiger partial charge in [0.2, 0.25) is 5.91 Å². The molecule has 94 valence electrons. The van der Waals surface area contributed by atoms with Crippen molar-refractivity contribution in [2.24, 2.45) is 5.92 Å². The zero-order chi connectivity index (χ0) is 11.9. The summed E-state index contributed by atoms with van der Waals surface area (Å²) in [6, 6.07) is 0. The van der Waals surface area contributed by atoms with Gasteiger partial charge in [0.1, 0.15) is 12.2 Å². The maximum absolute atomic E-state index is 11.8. The highest BCUT2D eigenvalue weighted by Crippen LogP contribution is 2.09. The molecule has 2 rings (SSSR count). The Morgan fingerprint density at radius 2 is 2.53 bits per heavy atom. The van der Waals surface area contributed by atoms with Crippen molar-refractivity contribution in [1.82, 2.24) is 25.8 Å². The first-order valence-electron chi connectivity index (χ1n) is 6.19. The number of hydrogen-bond acceptors (Lipinski definition) is 4. The van der Waals surface area contributed by atoms with Crippen molar-refractivity contribution >= 4 is 5.91 Å². The molecule has 0 bridgehead atoms. The first kappa shape index (κ1) is 12.0. The van der Waals surface area contributed by atoms with Crippen molar-refractivity contribution in [3.8, 4) is 0 Å². The SMILES string of the molecule is O=C(NCCCc1ncn[nH]1)[C@@H]1CCCNC1. The largest absolute Gasteiger partial charge is 0.356 e. The first-order chi connectivity index (χ1) is 8.36. The van der Waals surface area contributed by atoms with Gasteiger partial charge in [0.25, 0.3) is 0 Å². The monoisotopic (exact) mass is 237 g/mol. The second-order valence-electron chi connectivity index (χ2n) is 4.37. The molecule has 1 saturated heterocycles. The molecule has 2 heterocycles. The van der Waals surface area contributed by atoms with Gasteiger partial charge in [0.15, 0.2) is 0 Å². The molecule has 1 atom stereocenters. The van der Waals surface area contributed by atoms with Crippen LogP contribution in [0.2, 0.25) is 0 Å². The number of H-pyrrole nitrogens is 1. The summed E-state index contributed by atoms with van der Waals surface area (Å²) in [5.74, 6) is 1.20. The van der Waals surface area contributed by atoms with Gasteiger partial charge in [0, 0.05) is 19.5 Å². The fraction of sp³-hybridized carbons (Fsp3) is 0.727. The van der Waals surface area contributed by atoms with Crippen LogP contribution in [0, 0.1) is 5.92 Å². The molecular weight excluding hydrogens is 218 g/mol. The maximum Gasteiger partial charge on any atom is 0.224 e. The second-order valence-corrected chi connectivity index (χ2v) is 4.37. The Kier molecular flexibility index (Phi) is 4.49. The van der Waals surface area contributed by atoms with E-state index in [2.05, 4.69) is 25.8 Å². The van der Waals surface area contributed by atoms with Gasteiger partial charge in [-0.2, -0.15) is 5.10 Å². The highest BCUT2D eigenvalue weighted by Gasteiger charge is 2.19. The van der Waals surface area contributed by atoms with Gasteiger partial charge >= 0.3 is 0 Å². The third kappa shape index (κ3) is 3.81. The Labute approximate surface area is 101 Å². The quantitative estimate of drug-likeness (QED) is 0.622. The van der Waals surface area contributed by atoms with Gasteiger partial charge in [-0.05, 0) is 25.8 Å². The third-order valence-corrected chi connectivity index (χ3v) is 3.02. The Morgan fingerprint density at radius 3 is 3.24 bits per heavy atom. The van der Waals surface area contributed by atoms with Crippen molar-refractivity contribution in [3.63, 3.8) is 0 Å². The minimum Gasteiger partial charge on any atom is -0.356 e. The predicted octanol–water partition coefficient (Wildman–Crippen LogP) is -0.147. The molecule has 1 aromatic rings. The van der Waals surface area contributed by atoms with Gasteiger partial charge < -0.3 is 10.6 Å². The molecule has 3 N–H and O–H groups in total. The molecule has 0 unspecified atom stereocenters. The highest BCUT2D eigenvalue weighted by atomic mass is 16.1. The van der Waals surface area contributed by atoms with E-state index < -0.39 is 0 Å². The van der Waals surface area contributed by atoms with Gasteiger partial charge in [-0.25, -0.2) is 4.98 Å². The summed E-state index contributed by atoms with van der Waals surface area (Å²) < 4.78 is 0. The Balaban J connectivity index is 1.59. The molecular formula is C11H19N5O. The molecule has 1 amide bonds. The molecule has 1 fully saturated rings. The van der Waals surface area contributed by atoms with E-state index in [1.54, 1.807) is 0 Å². The zero-order valence-corrected chi connectivity index (χ0v) is 9.91. The molecule has 1 aromatic heterocycles. The molecule has 17 heavy (non-hydrogen) atoms. The van der Waals surface area contributed by atoms with E-state index in [1.807, 2.05) is 0 Å². The molecule has 0 aliphatic carbocycles. The van der Waals surface area contributed by atoms with E-state index in [1.165, 1.54) is 6.33 Å². The summed E-state index contributed by atoms with van der Waals surface area (Å²) in [5.41, 5.74) is 0. The Hall–Kier alpha value is -1.43. The summed E-state index contributed by atoms with van der Waals surface area (Å²) in [6.07, 6.45) is 5.31. The van der Waals surface area contributed by atoms with Crippen LogP contribution in [0.3, 0.4) is 0 Å². The highest BCUT2D eigenvalue weighted by molar-refractivity contribution is 5.78. The van der Waals surface area contributed by atoms with E-state index in [-0.39, 0.29) is 11.8 Å². The number of carbonyl (C=O) groups excluding carboxylic acids is 1. The van der Waals surface area contributed by atoms with Gasteiger partial charge in [-0.3, -0.25) is 9.89 Å². The maximum atomic E-state index is 11.8. The minimum absolute atomic E-state index is 0.147. The van der Waals surface area contributed by atoms with Crippen molar-refractivity contribution in [3.05, 3.63) is 12.2 Å². The van der Waals surface area contributed by atoms with Gasteiger partial charge in [-0.15, -0.1) is 0 Å². The second kappa shape index (κ2) is 6.34. The lowest BCUT2D eigenvalue weighted by Gasteiger charge is -2.21. The lowest BCUT2D eigenvalue weighted by atomic mass is 9.99. The predicted molar refractivity (Wildman–Crippen MR) is 63.3 cm³/mol. The fourth-order valence-corrected chi connectivity index (χ4v) is 2.04. The number of amides is 1. The number of rotatable bonds is 5. The standard InChI is InChI=1S/C11H19N5O/c17-11(9-3-1-5-12-7-9)13-6-2-4-10-14-8-15-16-10/h8-9,12H,1-7H2,(H,13,17)(H,14,15,16)/t9-/m1/s1. The zero-order valence-electron chi connectivity index (χ0n) is 9.91. The van der Waals surface area contributed by atoms with Crippen LogP contribution < -0.4 is 10.6 Å². The van der Waals surface area contributed by atoms with Crippen LogP contribution in [0.4, 0.5) is 0 Å². The minimum atomic E-state index is 0.147. The number of aromatic amines is 1. The molecule has 0 spiro atoms. The summed E-state index contributed by atoms with van der Waals surface area (Å²) in [4.78, 5) is 15.8.